The lowest BCUT2D eigenvalue weighted by atomic mass is 10.2. The highest BCUT2D eigenvalue weighted by Gasteiger charge is 2.23. The van der Waals surface area contributed by atoms with Crippen LogP contribution in [0.1, 0.15) is 17.7 Å². The molecular weight excluding hydrogens is 292 g/mol. The SMILES string of the molecule is Cc1cc2c(N(C)CC3CCCN3C)nc(Cl)nc2s1. The summed E-state index contributed by atoms with van der Waals surface area (Å²) in [7, 11) is 4.29. The molecule has 0 aromatic carbocycles. The van der Waals surface area contributed by atoms with Crippen LogP contribution < -0.4 is 4.90 Å². The van der Waals surface area contributed by atoms with E-state index in [1.807, 2.05) is 0 Å². The number of hydrogen-bond acceptors (Lipinski definition) is 5. The Kier molecular flexibility index (Phi) is 3.84. The fraction of sp³-hybridized carbons (Fsp3) is 0.571. The van der Waals surface area contributed by atoms with Crippen LogP contribution in [0.3, 0.4) is 0 Å². The second-order valence-corrected chi connectivity index (χ2v) is 7.12. The van der Waals surface area contributed by atoms with Gasteiger partial charge in [-0.25, -0.2) is 4.98 Å². The third kappa shape index (κ3) is 2.62. The Balaban J connectivity index is 1.92. The molecule has 3 rings (SSSR count). The topological polar surface area (TPSA) is 32.3 Å². The van der Waals surface area contributed by atoms with E-state index in [1.165, 1.54) is 24.3 Å². The zero-order valence-corrected chi connectivity index (χ0v) is 13.6. The first-order chi connectivity index (χ1) is 9.54. The van der Waals surface area contributed by atoms with E-state index in [-0.39, 0.29) is 0 Å². The van der Waals surface area contributed by atoms with Crippen molar-refractivity contribution in [3.63, 3.8) is 0 Å². The van der Waals surface area contributed by atoms with E-state index in [4.69, 9.17) is 11.6 Å². The average molecular weight is 311 g/mol. The van der Waals surface area contributed by atoms with Crippen molar-refractivity contribution < 1.29 is 0 Å². The quantitative estimate of drug-likeness (QED) is 0.815. The smallest absolute Gasteiger partial charge is 0.225 e. The number of halogens is 1. The summed E-state index contributed by atoms with van der Waals surface area (Å²) in [4.78, 5) is 15.6. The maximum Gasteiger partial charge on any atom is 0.225 e. The second kappa shape index (κ2) is 5.47. The molecule has 1 saturated heterocycles. The highest BCUT2D eigenvalue weighted by Crippen LogP contribution is 2.31. The first-order valence-corrected chi connectivity index (χ1v) is 8.09. The molecule has 0 amide bonds. The van der Waals surface area contributed by atoms with Gasteiger partial charge in [-0.05, 0) is 51.0 Å². The van der Waals surface area contributed by atoms with Gasteiger partial charge in [-0.2, -0.15) is 4.98 Å². The number of aromatic nitrogens is 2. The minimum Gasteiger partial charge on any atom is -0.357 e. The molecule has 0 spiro atoms. The van der Waals surface area contributed by atoms with Crippen molar-refractivity contribution in [2.75, 3.05) is 32.1 Å². The molecule has 1 aliphatic rings. The van der Waals surface area contributed by atoms with Gasteiger partial charge in [-0.15, -0.1) is 11.3 Å². The molecule has 1 aliphatic heterocycles. The Morgan fingerprint density at radius 3 is 3.00 bits per heavy atom. The van der Waals surface area contributed by atoms with Gasteiger partial charge in [-0.1, -0.05) is 0 Å². The second-order valence-electron chi connectivity index (χ2n) is 5.55. The van der Waals surface area contributed by atoms with Crippen molar-refractivity contribution in [2.45, 2.75) is 25.8 Å². The molecule has 0 N–H and O–H groups in total. The van der Waals surface area contributed by atoms with Crippen molar-refractivity contribution in [2.24, 2.45) is 0 Å². The van der Waals surface area contributed by atoms with Crippen LogP contribution in [0.4, 0.5) is 5.82 Å². The van der Waals surface area contributed by atoms with Gasteiger partial charge in [0, 0.05) is 24.5 Å². The Morgan fingerprint density at radius 2 is 2.30 bits per heavy atom. The third-order valence-electron chi connectivity index (χ3n) is 3.99. The zero-order valence-electron chi connectivity index (χ0n) is 12.1. The average Bonchev–Trinajstić information content (AvgIpc) is 2.94. The summed E-state index contributed by atoms with van der Waals surface area (Å²) in [6.07, 6.45) is 2.54. The summed E-state index contributed by atoms with van der Waals surface area (Å²) in [5.74, 6) is 0.949. The number of likely N-dealkylation sites (N-methyl/N-ethyl adjacent to an activating group) is 2. The lowest BCUT2D eigenvalue weighted by Crippen LogP contribution is -2.37. The summed E-state index contributed by atoms with van der Waals surface area (Å²) in [6, 6.07) is 2.75. The maximum atomic E-state index is 6.07. The summed E-state index contributed by atoms with van der Waals surface area (Å²) in [5.41, 5.74) is 0. The first kappa shape index (κ1) is 14.0. The molecule has 1 atom stereocenters. The standard InChI is InChI=1S/C14H19ClN4S/c1-9-7-11-12(16-14(15)17-13(11)20-9)19(3)8-10-5-4-6-18(10)2/h7,10H,4-6,8H2,1-3H3. The molecule has 0 bridgehead atoms. The minimum absolute atomic E-state index is 0.334. The molecule has 0 aliphatic carbocycles. The largest absolute Gasteiger partial charge is 0.357 e. The Bertz CT molecular complexity index is 627. The van der Waals surface area contributed by atoms with Crippen molar-refractivity contribution in [1.82, 2.24) is 14.9 Å². The highest BCUT2D eigenvalue weighted by molar-refractivity contribution is 7.18. The number of anilines is 1. The number of likely N-dealkylation sites (tertiary alicyclic amines) is 1. The van der Waals surface area contributed by atoms with Crippen LogP contribution in [0, 0.1) is 6.92 Å². The minimum atomic E-state index is 0.334. The number of thiophene rings is 1. The summed E-state index contributed by atoms with van der Waals surface area (Å²) in [5, 5.41) is 1.45. The van der Waals surface area contributed by atoms with Crippen LogP contribution in [0.5, 0.6) is 0 Å². The van der Waals surface area contributed by atoms with E-state index in [2.05, 4.69) is 46.9 Å². The molecule has 20 heavy (non-hydrogen) atoms. The van der Waals surface area contributed by atoms with E-state index in [9.17, 15) is 0 Å². The molecule has 108 valence electrons. The van der Waals surface area contributed by atoms with Crippen molar-refractivity contribution in [3.8, 4) is 0 Å². The van der Waals surface area contributed by atoms with Crippen LogP contribution in [0.15, 0.2) is 6.07 Å². The number of fused-ring (bicyclic) bond motifs is 1. The van der Waals surface area contributed by atoms with Crippen molar-refractivity contribution in [1.29, 1.82) is 0 Å². The fourth-order valence-electron chi connectivity index (χ4n) is 2.91. The van der Waals surface area contributed by atoms with E-state index in [0.29, 0.717) is 11.3 Å². The van der Waals surface area contributed by atoms with Crippen LogP contribution in [0.2, 0.25) is 5.28 Å². The maximum absolute atomic E-state index is 6.07. The summed E-state index contributed by atoms with van der Waals surface area (Å²) in [6.45, 7) is 4.26. The zero-order chi connectivity index (χ0) is 14.3. The van der Waals surface area contributed by atoms with Crippen LogP contribution >= 0.6 is 22.9 Å². The molecule has 0 radical (unpaired) electrons. The molecular formula is C14H19ClN4S. The number of rotatable bonds is 3. The Morgan fingerprint density at radius 1 is 1.50 bits per heavy atom. The molecule has 0 saturated carbocycles. The van der Waals surface area contributed by atoms with Gasteiger partial charge < -0.3 is 9.80 Å². The lowest BCUT2D eigenvalue weighted by molar-refractivity contribution is 0.314. The molecule has 6 heteroatoms. The molecule has 4 nitrogen and oxygen atoms in total. The Labute approximate surface area is 128 Å². The van der Waals surface area contributed by atoms with Crippen LogP contribution in [-0.2, 0) is 0 Å². The van der Waals surface area contributed by atoms with Gasteiger partial charge in [0.05, 0.1) is 5.39 Å². The van der Waals surface area contributed by atoms with Gasteiger partial charge in [0.1, 0.15) is 10.6 Å². The van der Waals surface area contributed by atoms with Gasteiger partial charge in [-0.3, -0.25) is 0 Å². The van der Waals surface area contributed by atoms with Gasteiger partial charge in [0.25, 0.3) is 0 Å². The van der Waals surface area contributed by atoms with Crippen LogP contribution in [0.25, 0.3) is 10.2 Å². The number of nitrogens with zero attached hydrogens (tertiary/aromatic N) is 4. The fourth-order valence-corrected chi connectivity index (χ4v) is 3.99. The predicted molar refractivity (Wildman–Crippen MR) is 86.1 cm³/mol. The van der Waals surface area contributed by atoms with E-state index in [1.54, 1.807) is 11.3 Å². The first-order valence-electron chi connectivity index (χ1n) is 6.89. The highest BCUT2D eigenvalue weighted by atomic mass is 35.5. The predicted octanol–water partition coefficient (Wildman–Crippen LogP) is 3.18. The van der Waals surface area contributed by atoms with E-state index < -0.39 is 0 Å². The molecule has 1 fully saturated rings. The monoisotopic (exact) mass is 310 g/mol. The number of aryl methyl sites for hydroxylation is 1. The molecule has 2 aromatic heterocycles. The number of hydrogen-bond donors (Lipinski definition) is 0. The third-order valence-corrected chi connectivity index (χ3v) is 5.10. The summed E-state index contributed by atoms with van der Waals surface area (Å²) >= 11 is 7.74. The van der Waals surface area contributed by atoms with Gasteiger partial charge >= 0.3 is 0 Å². The molecule has 2 aromatic rings. The van der Waals surface area contributed by atoms with Gasteiger partial charge in [0.15, 0.2) is 0 Å². The van der Waals surface area contributed by atoms with Crippen LogP contribution in [-0.4, -0.2) is 48.1 Å². The molecule has 1 unspecified atom stereocenters. The van der Waals surface area contributed by atoms with E-state index in [0.717, 1.165) is 22.6 Å². The molecule has 3 heterocycles. The van der Waals surface area contributed by atoms with Crippen molar-refractivity contribution >= 4 is 39.0 Å². The normalized spacial score (nSPS) is 19.9. The van der Waals surface area contributed by atoms with Crippen molar-refractivity contribution in [3.05, 3.63) is 16.2 Å². The Hall–Kier alpha value is -0.910. The summed E-state index contributed by atoms with van der Waals surface area (Å²) < 4.78 is 0. The lowest BCUT2D eigenvalue weighted by Gasteiger charge is -2.26. The van der Waals surface area contributed by atoms with Gasteiger partial charge in [0.2, 0.25) is 5.28 Å². The van der Waals surface area contributed by atoms with E-state index >= 15 is 0 Å².